The van der Waals surface area contributed by atoms with Gasteiger partial charge in [-0.05, 0) is 44.1 Å². The maximum Gasteiger partial charge on any atom is 0.0778 e. The molecule has 0 aromatic heterocycles. The van der Waals surface area contributed by atoms with E-state index in [0.717, 1.165) is 18.4 Å². The largest absolute Gasteiger partial charge is 0.376 e. The monoisotopic (exact) mass is 269 g/mol. The Hall–Kier alpha value is -0.0800. The van der Waals surface area contributed by atoms with Crippen LogP contribution in [0.5, 0.6) is 0 Å². The number of nitrogens with one attached hydrogen (secondary N) is 1. The van der Waals surface area contributed by atoms with Gasteiger partial charge in [-0.25, -0.2) is 0 Å². The number of hydrogen-bond acceptors (Lipinski definition) is 2. The quantitative estimate of drug-likeness (QED) is 0.778. The van der Waals surface area contributed by atoms with Gasteiger partial charge in [-0.1, -0.05) is 47.0 Å². The fraction of sp³-hybridized carbons (Fsp3) is 1.00. The van der Waals surface area contributed by atoms with Gasteiger partial charge in [0.15, 0.2) is 0 Å². The molecule has 0 amide bonds. The van der Waals surface area contributed by atoms with Crippen molar-refractivity contribution in [3.8, 4) is 0 Å². The summed E-state index contributed by atoms with van der Waals surface area (Å²) in [4.78, 5) is 0. The zero-order valence-corrected chi connectivity index (χ0v) is 14.0. The molecule has 0 radical (unpaired) electrons. The minimum absolute atomic E-state index is 0.200. The molecule has 2 atom stereocenters. The van der Waals surface area contributed by atoms with E-state index in [0.29, 0.717) is 12.1 Å². The Labute approximate surface area is 120 Å². The Bertz CT molecular complexity index is 238. The van der Waals surface area contributed by atoms with Crippen LogP contribution in [0, 0.1) is 17.3 Å². The van der Waals surface area contributed by atoms with Gasteiger partial charge in [-0.15, -0.1) is 0 Å². The van der Waals surface area contributed by atoms with Crippen LogP contribution in [-0.4, -0.2) is 25.8 Å². The van der Waals surface area contributed by atoms with Crippen molar-refractivity contribution in [3.05, 3.63) is 0 Å². The Balaban J connectivity index is 2.69. The molecular weight excluding hydrogens is 234 g/mol. The van der Waals surface area contributed by atoms with Gasteiger partial charge in [0.2, 0.25) is 0 Å². The lowest BCUT2D eigenvalue weighted by atomic mass is 9.72. The van der Waals surface area contributed by atoms with E-state index in [1.54, 1.807) is 0 Å². The van der Waals surface area contributed by atoms with Crippen molar-refractivity contribution in [2.45, 2.75) is 78.9 Å². The third-order valence-corrected chi connectivity index (χ3v) is 4.84. The van der Waals surface area contributed by atoms with Gasteiger partial charge in [0.05, 0.1) is 6.10 Å². The van der Waals surface area contributed by atoms with E-state index in [-0.39, 0.29) is 5.41 Å². The maximum atomic E-state index is 6.10. The maximum absolute atomic E-state index is 6.10. The van der Waals surface area contributed by atoms with Crippen LogP contribution in [0.1, 0.15) is 66.7 Å². The number of hydrogen-bond donors (Lipinski definition) is 1. The fourth-order valence-corrected chi connectivity index (χ4v) is 3.66. The minimum atomic E-state index is 0.200. The van der Waals surface area contributed by atoms with E-state index in [1.165, 1.54) is 32.1 Å². The van der Waals surface area contributed by atoms with Crippen molar-refractivity contribution in [1.82, 2.24) is 5.32 Å². The van der Waals surface area contributed by atoms with Crippen molar-refractivity contribution in [3.63, 3.8) is 0 Å². The van der Waals surface area contributed by atoms with Crippen molar-refractivity contribution >= 4 is 0 Å². The van der Waals surface area contributed by atoms with Gasteiger partial charge < -0.3 is 10.1 Å². The highest BCUT2D eigenvalue weighted by Crippen LogP contribution is 2.37. The van der Waals surface area contributed by atoms with Gasteiger partial charge in [-0.2, -0.15) is 0 Å². The molecule has 0 aromatic rings. The second-order valence-electron chi connectivity index (χ2n) is 7.25. The van der Waals surface area contributed by atoms with Gasteiger partial charge in [0, 0.05) is 12.6 Å². The van der Waals surface area contributed by atoms with Crippen molar-refractivity contribution < 1.29 is 4.74 Å². The molecule has 1 rings (SSSR count). The number of ether oxygens (including phenoxy) is 1. The SMILES string of the molecule is CCOC(C(NC)C1CCC(CC)CC1)C(C)(C)C. The molecule has 0 aromatic carbocycles. The first-order valence-corrected chi connectivity index (χ1v) is 8.22. The lowest BCUT2D eigenvalue weighted by molar-refractivity contribution is -0.0523. The summed E-state index contributed by atoms with van der Waals surface area (Å²) in [5, 5.41) is 3.57. The van der Waals surface area contributed by atoms with Gasteiger partial charge >= 0.3 is 0 Å². The third kappa shape index (κ3) is 4.75. The minimum Gasteiger partial charge on any atom is -0.376 e. The Kier molecular flexibility index (Phi) is 6.82. The molecule has 1 N–H and O–H groups in total. The Morgan fingerprint density at radius 1 is 1.11 bits per heavy atom. The van der Waals surface area contributed by atoms with Crippen LogP contribution < -0.4 is 5.32 Å². The second kappa shape index (κ2) is 7.64. The highest BCUT2D eigenvalue weighted by atomic mass is 16.5. The van der Waals surface area contributed by atoms with Gasteiger partial charge in [0.1, 0.15) is 0 Å². The molecule has 0 bridgehead atoms. The molecule has 2 nitrogen and oxygen atoms in total. The molecule has 0 heterocycles. The van der Waals surface area contributed by atoms with E-state index < -0.39 is 0 Å². The Morgan fingerprint density at radius 3 is 2.05 bits per heavy atom. The topological polar surface area (TPSA) is 21.3 Å². The normalized spacial score (nSPS) is 28.1. The van der Waals surface area contributed by atoms with E-state index in [2.05, 4.69) is 47.0 Å². The van der Waals surface area contributed by atoms with Crippen LogP contribution in [0.2, 0.25) is 0 Å². The molecule has 1 fully saturated rings. The molecule has 0 saturated heterocycles. The first-order chi connectivity index (χ1) is 8.93. The summed E-state index contributed by atoms with van der Waals surface area (Å²) in [6.45, 7) is 12.2. The van der Waals surface area contributed by atoms with Crippen molar-refractivity contribution in [2.24, 2.45) is 17.3 Å². The van der Waals surface area contributed by atoms with Crippen LogP contribution in [0.25, 0.3) is 0 Å². The smallest absolute Gasteiger partial charge is 0.0778 e. The predicted molar refractivity (Wildman–Crippen MR) is 83.5 cm³/mol. The summed E-state index contributed by atoms with van der Waals surface area (Å²) in [6.07, 6.45) is 7.20. The third-order valence-electron chi connectivity index (χ3n) is 4.84. The first-order valence-electron chi connectivity index (χ1n) is 8.22. The fourth-order valence-electron chi connectivity index (χ4n) is 3.66. The lowest BCUT2D eigenvalue weighted by Crippen LogP contribution is -2.51. The summed E-state index contributed by atoms with van der Waals surface area (Å²) in [5.41, 5.74) is 0.200. The van der Waals surface area contributed by atoms with E-state index in [9.17, 15) is 0 Å². The molecule has 19 heavy (non-hydrogen) atoms. The predicted octanol–water partition coefficient (Wildman–Crippen LogP) is 4.24. The van der Waals surface area contributed by atoms with Crippen LogP contribution in [0.15, 0.2) is 0 Å². The molecule has 1 aliphatic rings. The Morgan fingerprint density at radius 2 is 1.68 bits per heavy atom. The summed E-state index contributed by atoms with van der Waals surface area (Å²) in [6, 6.07) is 0.498. The highest BCUT2D eigenvalue weighted by molar-refractivity contribution is 4.92. The van der Waals surface area contributed by atoms with Crippen molar-refractivity contribution in [2.75, 3.05) is 13.7 Å². The van der Waals surface area contributed by atoms with Gasteiger partial charge in [-0.3, -0.25) is 0 Å². The number of rotatable bonds is 6. The van der Waals surface area contributed by atoms with E-state index >= 15 is 0 Å². The summed E-state index contributed by atoms with van der Waals surface area (Å²) < 4.78 is 6.10. The standard InChI is InChI=1S/C17H35NO/c1-7-13-9-11-14(12-10-13)15(18-6)16(19-8-2)17(3,4)5/h13-16,18H,7-12H2,1-6H3. The zero-order chi connectivity index (χ0) is 14.5. The summed E-state index contributed by atoms with van der Waals surface area (Å²) >= 11 is 0. The lowest BCUT2D eigenvalue weighted by Gasteiger charge is -2.42. The molecule has 0 aliphatic heterocycles. The molecule has 2 unspecified atom stereocenters. The molecule has 114 valence electrons. The van der Waals surface area contributed by atoms with Crippen LogP contribution in [0.3, 0.4) is 0 Å². The molecular formula is C17H35NO. The number of likely N-dealkylation sites (N-methyl/N-ethyl adjacent to an activating group) is 1. The summed E-state index contributed by atoms with van der Waals surface area (Å²) in [5.74, 6) is 1.75. The first kappa shape index (κ1) is 17.0. The van der Waals surface area contributed by atoms with Crippen LogP contribution in [-0.2, 0) is 4.74 Å². The average Bonchev–Trinajstić information content (AvgIpc) is 2.38. The van der Waals surface area contributed by atoms with Crippen LogP contribution >= 0.6 is 0 Å². The van der Waals surface area contributed by atoms with Gasteiger partial charge in [0.25, 0.3) is 0 Å². The highest BCUT2D eigenvalue weighted by Gasteiger charge is 2.37. The van der Waals surface area contributed by atoms with Crippen LogP contribution in [0.4, 0.5) is 0 Å². The molecule has 0 spiro atoms. The molecule has 1 saturated carbocycles. The average molecular weight is 269 g/mol. The molecule has 1 aliphatic carbocycles. The van der Waals surface area contributed by atoms with E-state index in [1.807, 2.05) is 0 Å². The second-order valence-corrected chi connectivity index (χ2v) is 7.25. The summed E-state index contributed by atoms with van der Waals surface area (Å²) in [7, 11) is 2.11. The zero-order valence-electron chi connectivity index (χ0n) is 14.0. The molecule has 2 heteroatoms. The van der Waals surface area contributed by atoms with Crippen molar-refractivity contribution in [1.29, 1.82) is 0 Å². The van der Waals surface area contributed by atoms with E-state index in [4.69, 9.17) is 4.74 Å².